The first kappa shape index (κ1) is 17.7. The standard InChI is InChI=1S/C16H12Cl3N5O/c1-9-2-4-10(5-3-9)16-21-23-24(22-16)8-15(25)20-14-7-12(18)11(17)6-13(14)19/h2-7H,8H2,1H3,(H,20,25). The van der Waals surface area contributed by atoms with Crippen molar-refractivity contribution in [3.63, 3.8) is 0 Å². The highest BCUT2D eigenvalue weighted by molar-refractivity contribution is 6.44. The quantitative estimate of drug-likeness (QED) is 0.669. The molecule has 0 aliphatic heterocycles. The van der Waals surface area contributed by atoms with E-state index in [2.05, 4.69) is 20.7 Å². The van der Waals surface area contributed by atoms with Gasteiger partial charge in [-0.15, -0.1) is 10.2 Å². The van der Waals surface area contributed by atoms with Gasteiger partial charge in [0.2, 0.25) is 11.7 Å². The third-order valence-electron chi connectivity index (χ3n) is 3.33. The number of nitrogens with zero attached hydrogens (tertiary/aromatic N) is 4. The second kappa shape index (κ2) is 7.39. The maximum absolute atomic E-state index is 12.1. The smallest absolute Gasteiger partial charge is 0.248 e. The normalized spacial score (nSPS) is 10.7. The fraction of sp³-hybridized carbons (Fsp3) is 0.125. The summed E-state index contributed by atoms with van der Waals surface area (Å²) < 4.78 is 0. The highest BCUT2D eigenvalue weighted by Crippen LogP contribution is 2.32. The van der Waals surface area contributed by atoms with Crippen LogP contribution in [-0.2, 0) is 11.3 Å². The molecule has 0 aliphatic carbocycles. The number of anilines is 1. The zero-order valence-corrected chi connectivity index (χ0v) is 15.3. The van der Waals surface area contributed by atoms with Gasteiger partial charge in [0.25, 0.3) is 0 Å². The third kappa shape index (κ3) is 4.28. The molecule has 0 spiro atoms. The van der Waals surface area contributed by atoms with Crippen LogP contribution in [-0.4, -0.2) is 26.1 Å². The lowest BCUT2D eigenvalue weighted by molar-refractivity contribution is -0.117. The van der Waals surface area contributed by atoms with Crippen LogP contribution in [0.25, 0.3) is 11.4 Å². The minimum atomic E-state index is -0.367. The molecule has 25 heavy (non-hydrogen) atoms. The molecule has 1 heterocycles. The van der Waals surface area contributed by atoms with Gasteiger partial charge in [0.1, 0.15) is 6.54 Å². The Morgan fingerprint density at radius 3 is 2.48 bits per heavy atom. The Kier molecular flexibility index (Phi) is 5.22. The average molecular weight is 397 g/mol. The summed E-state index contributed by atoms with van der Waals surface area (Å²) in [4.78, 5) is 13.4. The van der Waals surface area contributed by atoms with Crippen LogP contribution in [0.2, 0.25) is 15.1 Å². The largest absolute Gasteiger partial charge is 0.323 e. The predicted molar refractivity (Wildman–Crippen MR) is 98.1 cm³/mol. The van der Waals surface area contributed by atoms with Crippen molar-refractivity contribution in [3.8, 4) is 11.4 Å². The van der Waals surface area contributed by atoms with Crippen molar-refractivity contribution in [2.24, 2.45) is 0 Å². The number of carbonyl (C=O) groups is 1. The lowest BCUT2D eigenvalue weighted by Gasteiger charge is -2.08. The number of carbonyl (C=O) groups excluding carboxylic acids is 1. The molecule has 9 heteroatoms. The Bertz CT molecular complexity index is 924. The van der Waals surface area contributed by atoms with Crippen LogP contribution < -0.4 is 5.32 Å². The Hall–Kier alpha value is -2.15. The van der Waals surface area contributed by atoms with E-state index < -0.39 is 0 Å². The van der Waals surface area contributed by atoms with Crippen molar-refractivity contribution < 1.29 is 4.79 Å². The molecule has 2 aromatic carbocycles. The molecule has 0 fully saturated rings. The maximum atomic E-state index is 12.1. The van der Waals surface area contributed by atoms with E-state index in [-0.39, 0.29) is 17.5 Å². The number of hydrogen-bond acceptors (Lipinski definition) is 4. The molecule has 0 saturated carbocycles. The average Bonchev–Trinajstić information content (AvgIpc) is 3.01. The number of aromatic nitrogens is 4. The van der Waals surface area contributed by atoms with E-state index >= 15 is 0 Å². The van der Waals surface area contributed by atoms with E-state index in [9.17, 15) is 4.79 Å². The molecule has 3 aromatic rings. The molecule has 3 rings (SSSR count). The van der Waals surface area contributed by atoms with Crippen molar-refractivity contribution in [2.45, 2.75) is 13.5 Å². The molecule has 0 saturated heterocycles. The van der Waals surface area contributed by atoms with Crippen LogP contribution in [0.1, 0.15) is 5.56 Å². The highest BCUT2D eigenvalue weighted by Gasteiger charge is 2.12. The summed E-state index contributed by atoms with van der Waals surface area (Å²) in [5, 5.41) is 15.6. The molecule has 1 N–H and O–H groups in total. The Labute approximate surface area is 158 Å². The second-order valence-corrected chi connectivity index (χ2v) is 6.53. The fourth-order valence-corrected chi connectivity index (χ4v) is 2.66. The van der Waals surface area contributed by atoms with Gasteiger partial charge < -0.3 is 5.32 Å². The first-order valence-electron chi connectivity index (χ1n) is 7.21. The van der Waals surface area contributed by atoms with Crippen LogP contribution >= 0.6 is 34.8 Å². The molecule has 0 atom stereocenters. The summed E-state index contributed by atoms with van der Waals surface area (Å²) in [6.45, 7) is 1.88. The predicted octanol–water partition coefficient (Wildman–Crippen LogP) is 4.25. The van der Waals surface area contributed by atoms with E-state index in [0.29, 0.717) is 21.6 Å². The number of nitrogens with one attached hydrogen (secondary N) is 1. The Morgan fingerprint density at radius 1 is 1.08 bits per heavy atom. The summed E-state index contributed by atoms with van der Waals surface area (Å²) in [6, 6.07) is 10.6. The van der Waals surface area contributed by atoms with Gasteiger partial charge in [-0.3, -0.25) is 4.79 Å². The fourth-order valence-electron chi connectivity index (χ4n) is 2.06. The summed E-state index contributed by atoms with van der Waals surface area (Å²) in [6.07, 6.45) is 0. The van der Waals surface area contributed by atoms with Gasteiger partial charge in [0.15, 0.2) is 0 Å². The SMILES string of the molecule is Cc1ccc(-c2nnn(CC(=O)Nc3cc(Cl)c(Cl)cc3Cl)n2)cc1. The van der Waals surface area contributed by atoms with Crippen molar-refractivity contribution in [1.82, 2.24) is 20.2 Å². The molecular formula is C16H12Cl3N5O. The van der Waals surface area contributed by atoms with Crippen molar-refractivity contribution in [1.29, 1.82) is 0 Å². The van der Waals surface area contributed by atoms with E-state index in [1.165, 1.54) is 16.9 Å². The molecule has 6 nitrogen and oxygen atoms in total. The second-order valence-electron chi connectivity index (χ2n) is 5.30. The monoisotopic (exact) mass is 395 g/mol. The van der Waals surface area contributed by atoms with Gasteiger partial charge in [-0.25, -0.2) is 0 Å². The number of halogens is 3. The highest BCUT2D eigenvalue weighted by atomic mass is 35.5. The maximum Gasteiger partial charge on any atom is 0.248 e. The molecule has 0 aliphatic rings. The molecule has 0 radical (unpaired) electrons. The van der Waals surface area contributed by atoms with Gasteiger partial charge >= 0.3 is 0 Å². The number of hydrogen-bond donors (Lipinski definition) is 1. The lowest BCUT2D eigenvalue weighted by Crippen LogP contribution is -2.20. The summed E-state index contributed by atoms with van der Waals surface area (Å²) in [5.41, 5.74) is 2.32. The van der Waals surface area contributed by atoms with Crippen LogP contribution in [0.5, 0.6) is 0 Å². The minimum absolute atomic E-state index is 0.116. The van der Waals surface area contributed by atoms with E-state index in [1.807, 2.05) is 31.2 Å². The Balaban J connectivity index is 1.70. The topological polar surface area (TPSA) is 72.7 Å². The van der Waals surface area contributed by atoms with Gasteiger partial charge in [-0.2, -0.15) is 4.80 Å². The number of rotatable bonds is 4. The zero-order chi connectivity index (χ0) is 18.0. The van der Waals surface area contributed by atoms with E-state index in [4.69, 9.17) is 34.8 Å². The lowest BCUT2D eigenvalue weighted by atomic mass is 10.1. The van der Waals surface area contributed by atoms with Gasteiger partial charge in [-0.1, -0.05) is 64.6 Å². The number of aryl methyl sites for hydroxylation is 1. The van der Waals surface area contributed by atoms with Crippen molar-refractivity contribution in [2.75, 3.05) is 5.32 Å². The zero-order valence-electron chi connectivity index (χ0n) is 13.0. The molecule has 1 aromatic heterocycles. The van der Waals surface area contributed by atoms with Crippen LogP contribution in [0.4, 0.5) is 5.69 Å². The number of amides is 1. The van der Waals surface area contributed by atoms with Gasteiger partial charge in [0.05, 0.1) is 20.8 Å². The van der Waals surface area contributed by atoms with Crippen LogP contribution in [0, 0.1) is 6.92 Å². The Morgan fingerprint density at radius 2 is 1.76 bits per heavy atom. The summed E-state index contributed by atoms with van der Waals surface area (Å²) >= 11 is 17.8. The minimum Gasteiger partial charge on any atom is -0.323 e. The molecule has 1 amide bonds. The summed E-state index contributed by atoms with van der Waals surface area (Å²) in [5.74, 6) is 0.0773. The van der Waals surface area contributed by atoms with Crippen LogP contribution in [0.15, 0.2) is 36.4 Å². The number of tetrazole rings is 1. The van der Waals surface area contributed by atoms with Crippen molar-refractivity contribution in [3.05, 3.63) is 57.0 Å². The molecule has 128 valence electrons. The van der Waals surface area contributed by atoms with E-state index in [0.717, 1.165) is 11.1 Å². The molecule has 0 bridgehead atoms. The van der Waals surface area contributed by atoms with E-state index in [1.54, 1.807) is 0 Å². The molecule has 0 unspecified atom stereocenters. The van der Waals surface area contributed by atoms with Gasteiger partial charge in [-0.05, 0) is 24.3 Å². The number of benzene rings is 2. The first-order chi connectivity index (χ1) is 11.9. The van der Waals surface area contributed by atoms with Gasteiger partial charge in [0, 0.05) is 5.56 Å². The third-order valence-corrected chi connectivity index (χ3v) is 4.37. The van der Waals surface area contributed by atoms with Crippen molar-refractivity contribution >= 4 is 46.4 Å². The summed E-state index contributed by atoms with van der Waals surface area (Å²) in [7, 11) is 0. The molecular weight excluding hydrogens is 385 g/mol. The first-order valence-corrected chi connectivity index (χ1v) is 8.35. The van der Waals surface area contributed by atoms with Crippen LogP contribution in [0.3, 0.4) is 0 Å².